The Bertz CT molecular complexity index is 113. The lowest BCUT2D eigenvalue weighted by atomic mass is 10.1. The van der Waals surface area contributed by atoms with Gasteiger partial charge in [-0.2, -0.15) is 0 Å². The van der Waals surface area contributed by atoms with Gasteiger partial charge in [-0.15, -0.1) is 0 Å². The van der Waals surface area contributed by atoms with E-state index >= 15 is 0 Å². The summed E-state index contributed by atoms with van der Waals surface area (Å²) >= 11 is 0. The second-order valence-electron chi connectivity index (χ2n) is 3.95. The molecule has 0 aromatic carbocycles. The summed E-state index contributed by atoms with van der Waals surface area (Å²) in [6.07, 6.45) is 19.0. The van der Waals surface area contributed by atoms with Gasteiger partial charge in [-0.05, 0) is 25.7 Å². The van der Waals surface area contributed by atoms with Crippen LogP contribution < -0.4 is 0 Å². The van der Waals surface area contributed by atoms with E-state index in [-0.39, 0.29) is 0 Å². The maximum atomic E-state index is 2.46. The van der Waals surface area contributed by atoms with Crippen molar-refractivity contribution in [1.29, 1.82) is 0 Å². The van der Waals surface area contributed by atoms with Gasteiger partial charge in [-0.3, -0.25) is 0 Å². The summed E-state index contributed by atoms with van der Waals surface area (Å²) in [6.45, 7) is 4.45. The van der Waals surface area contributed by atoms with Crippen LogP contribution in [0.2, 0.25) is 0 Å². The highest BCUT2D eigenvalue weighted by Crippen LogP contribution is 2.08. The SMILES string of the molecule is CCC=CCCCCC[CH]CCCC. The van der Waals surface area contributed by atoms with Crippen LogP contribution in [0.5, 0.6) is 0 Å². The normalized spacial score (nSPS) is 11.3. The molecule has 0 heteroatoms. The Morgan fingerprint density at radius 3 is 2.14 bits per heavy atom. The van der Waals surface area contributed by atoms with Crippen LogP contribution in [0.25, 0.3) is 0 Å². The van der Waals surface area contributed by atoms with Crippen molar-refractivity contribution >= 4 is 0 Å². The third-order valence-corrected chi connectivity index (χ3v) is 2.44. The molecule has 0 fully saturated rings. The van der Waals surface area contributed by atoms with E-state index in [1.807, 2.05) is 0 Å². The lowest BCUT2D eigenvalue weighted by molar-refractivity contribution is 0.655. The molecule has 0 aromatic heterocycles. The van der Waals surface area contributed by atoms with E-state index in [1.165, 1.54) is 57.8 Å². The molecule has 0 saturated heterocycles. The fourth-order valence-corrected chi connectivity index (χ4v) is 1.50. The molecular weight excluding hydrogens is 168 g/mol. The first-order valence-corrected chi connectivity index (χ1v) is 6.38. The summed E-state index contributed by atoms with van der Waals surface area (Å²) in [7, 11) is 0. The average Bonchev–Trinajstić information content (AvgIpc) is 2.21. The van der Waals surface area contributed by atoms with Crippen molar-refractivity contribution < 1.29 is 0 Å². The van der Waals surface area contributed by atoms with Gasteiger partial charge in [0.25, 0.3) is 0 Å². The zero-order valence-electron chi connectivity index (χ0n) is 10.1. The molecule has 0 saturated carbocycles. The van der Waals surface area contributed by atoms with Gasteiger partial charge in [0.2, 0.25) is 0 Å². The van der Waals surface area contributed by atoms with Gasteiger partial charge in [-0.25, -0.2) is 0 Å². The van der Waals surface area contributed by atoms with Gasteiger partial charge in [0.05, 0.1) is 0 Å². The van der Waals surface area contributed by atoms with Crippen LogP contribution in [0, 0.1) is 6.42 Å². The molecule has 0 amide bonds. The number of unbranched alkanes of at least 4 members (excludes halogenated alkanes) is 8. The first-order chi connectivity index (χ1) is 6.91. The van der Waals surface area contributed by atoms with Crippen molar-refractivity contribution in [3.8, 4) is 0 Å². The van der Waals surface area contributed by atoms with Crippen LogP contribution in [-0.4, -0.2) is 0 Å². The quantitative estimate of drug-likeness (QED) is 0.328. The van der Waals surface area contributed by atoms with Gasteiger partial charge in [0, 0.05) is 0 Å². The second kappa shape index (κ2) is 12.7. The number of hydrogen-bond donors (Lipinski definition) is 0. The van der Waals surface area contributed by atoms with Crippen molar-refractivity contribution in [3.05, 3.63) is 18.6 Å². The predicted octanol–water partition coefficient (Wildman–Crippen LogP) is 5.30. The van der Waals surface area contributed by atoms with Crippen LogP contribution in [0.1, 0.15) is 71.6 Å². The van der Waals surface area contributed by atoms with E-state index < -0.39 is 0 Å². The van der Waals surface area contributed by atoms with Gasteiger partial charge in [0.15, 0.2) is 0 Å². The molecular formula is C14H27. The Hall–Kier alpha value is -0.260. The predicted molar refractivity (Wildman–Crippen MR) is 66.3 cm³/mol. The second-order valence-corrected chi connectivity index (χ2v) is 3.95. The Morgan fingerprint density at radius 1 is 0.714 bits per heavy atom. The van der Waals surface area contributed by atoms with Crippen molar-refractivity contribution in [2.75, 3.05) is 0 Å². The third-order valence-electron chi connectivity index (χ3n) is 2.44. The molecule has 0 heterocycles. The van der Waals surface area contributed by atoms with E-state index in [2.05, 4.69) is 32.4 Å². The Labute approximate surface area is 90.8 Å². The summed E-state index contributed by atoms with van der Waals surface area (Å²) in [5, 5.41) is 0. The summed E-state index contributed by atoms with van der Waals surface area (Å²) in [5.41, 5.74) is 0. The molecule has 0 aromatic rings. The molecule has 14 heavy (non-hydrogen) atoms. The van der Waals surface area contributed by atoms with Crippen LogP contribution in [-0.2, 0) is 0 Å². The summed E-state index contributed by atoms with van der Waals surface area (Å²) in [6, 6.07) is 0. The first-order valence-electron chi connectivity index (χ1n) is 6.38. The molecule has 1 radical (unpaired) electrons. The zero-order valence-corrected chi connectivity index (χ0v) is 10.1. The fourth-order valence-electron chi connectivity index (χ4n) is 1.50. The standard InChI is InChI=1S/C14H27/c1-3-5-7-9-11-13-14-12-10-8-6-4-2/h5,7,10H,3-4,6,8-9,11-14H2,1-2H3. The monoisotopic (exact) mass is 195 g/mol. The molecule has 0 spiro atoms. The molecule has 0 atom stereocenters. The van der Waals surface area contributed by atoms with Crippen LogP contribution >= 0.6 is 0 Å². The van der Waals surface area contributed by atoms with E-state index in [1.54, 1.807) is 0 Å². The van der Waals surface area contributed by atoms with E-state index in [0.717, 1.165) is 0 Å². The molecule has 0 aliphatic carbocycles. The highest BCUT2D eigenvalue weighted by atomic mass is 14.0. The fraction of sp³-hybridized carbons (Fsp3) is 0.786. The van der Waals surface area contributed by atoms with Crippen molar-refractivity contribution in [2.24, 2.45) is 0 Å². The minimum absolute atomic E-state index is 1.19. The lowest BCUT2D eigenvalue weighted by Crippen LogP contribution is -1.80. The van der Waals surface area contributed by atoms with Crippen molar-refractivity contribution in [1.82, 2.24) is 0 Å². The third kappa shape index (κ3) is 11.7. The van der Waals surface area contributed by atoms with E-state index in [4.69, 9.17) is 0 Å². The summed E-state index contributed by atoms with van der Waals surface area (Å²) in [5.74, 6) is 0. The van der Waals surface area contributed by atoms with Gasteiger partial charge < -0.3 is 0 Å². The molecule has 0 rings (SSSR count). The molecule has 0 N–H and O–H groups in total. The van der Waals surface area contributed by atoms with Crippen LogP contribution in [0.15, 0.2) is 12.2 Å². The van der Waals surface area contributed by atoms with Crippen LogP contribution in [0.4, 0.5) is 0 Å². The maximum absolute atomic E-state index is 2.46. The number of rotatable bonds is 10. The smallest absolute Gasteiger partial charge is 0.0351 e. The first kappa shape index (κ1) is 13.7. The van der Waals surface area contributed by atoms with Crippen molar-refractivity contribution in [3.63, 3.8) is 0 Å². The molecule has 0 aliphatic rings. The zero-order chi connectivity index (χ0) is 10.5. The maximum Gasteiger partial charge on any atom is -0.0351 e. The molecule has 0 bridgehead atoms. The van der Waals surface area contributed by atoms with Gasteiger partial charge in [0.1, 0.15) is 0 Å². The lowest BCUT2D eigenvalue weighted by Gasteiger charge is -1.99. The molecule has 0 aliphatic heterocycles. The molecule has 0 unspecified atom stereocenters. The molecule has 0 nitrogen and oxygen atoms in total. The summed E-state index contributed by atoms with van der Waals surface area (Å²) in [4.78, 5) is 0. The minimum Gasteiger partial charge on any atom is -0.0888 e. The topological polar surface area (TPSA) is 0 Å². The van der Waals surface area contributed by atoms with Gasteiger partial charge in [-0.1, -0.05) is 64.5 Å². The van der Waals surface area contributed by atoms with Gasteiger partial charge >= 0.3 is 0 Å². The summed E-state index contributed by atoms with van der Waals surface area (Å²) < 4.78 is 0. The van der Waals surface area contributed by atoms with Crippen molar-refractivity contribution in [2.45, 2.75) is 71.6 Å². The highest BCUT2D eigenvalue weighted by Gasteiger charge is 1.90. The number of allylic oxidation sites excluding steroid dienone is 2. The van der Waals surface area contributed by atoms with E-state index in [0.29, 0.717) is 0 Å². The average molecular weight is 195 g/mol. The Morgan fingerprint density at radius 2 is 1.43 bits per heavy atom. The molecule has 83 valence electrons. The highest BCUT2D eigenvalue weighted by molar-refractivity contribution is 4.79. The largest absolute Gasteiger partial charge is 0.0888 e. The van der Waals surface area contributed by atoms with Crippen LogP contribution in [0.3, 0.4) is 0 Å². The Balaban J connectivity index is 2.88. The van der Waals surface area contributed by atoms with E-state index in [9.17, 15) is 0 Å². The Kier molecular flexibility index (Phi) is 12.5. The number of hydrogen-bond acceptors (Lipinski definition) is 0. The minimum atomic E-state index is 1.19.